The summed E-state index contributed by atoms with van der Waals surface area (Å²) in [6.07, 6.45) is 0. The van der Waals surface area contributed by atoms with Crippen molar-refractivity contribution in [2.45, 2.75) is 0 Å². The number of rotatable bonds is 6. The van der Waals surface area contributed by atoms with Crippen LogP contribution in [0.15, 0.2) is 212 Å². The van der Waals surface area contributed by atoms with Gasteiger partial charge in [-0.1, -0.05) is 182 Å². The molecule has 5 heteroatoms. The van der Waals surface area contributed by atoms with Crippen LogP contribution in [-0.2, 0) is 0 Å². The zero-order chi connectivity index (χ0) is 42.1. The second-order valence-electron chi connectivity index (χ2n) is 16.3. The van der Waals surface area contributed by atoms with E-state index in [0.717, 1.165) is 27.6 Å². The van der Waals surface area contributed by atoms with Crippen LogP contribution in [0, 0.1) is 0 Å². The zero-order valence-corrected chi connectivity index (χ0v) is 36.0. The lowest BCUT2D eigenvalue weighted by atomic mass is 9.94. The van der Waals surface area contributed by atoms with Crippen LogP contribution in [0.3, 0.4) is 0 Å². The molecule has 13 aromatic rings. The third-order valence-corrected chi connectivity index (χ3v) is 15.0. The summed E-state index contributed by atoms with van der Waals surface area (Å²) in [5, 5.41) is 9.81. The molecule has 13 rings (SSSR count). The highest BCUT2D eigenvalue weighted by Crippen LogP contribution is 2.45. The maximum Gasteiger partial charge on any atom is 0.165 e. The quantitative estimate of drug-likeness (QED) is 0.167. The van der Waals surface area contributed by atoms with Gasteiger partial charge in [-0.05, 0) is 85.3 Å². The van der Waals surface area contributed by atoms with E-state index in [9.17, 15) is 0 Å². The topological polar surface area (TPSA) is 38.7 Å². The summed E-state index contributed by atoms with van der Waals surface area (Å²) < 4.78 is 4.87. The van der Waals surface area contributed by atoms with E-state index in [1.807, 2.05) is 28.7 Å². The summed E-state index contributed by atoms with van der Waals surface area (Å²) >= 11 is 3.63. The number of nitrogens with zero attached hydrogens (tertiary/aromatic N) is 3. The second kappa shape index (κ2) is 14.9. The van der Waals surface area contributed by atoms with Gasteiger partial charge in [0.15, 0.2) is 17.5 Å². The van der Waals surface area contributed by atoms with Gasteiger partial charge in [0.1, 0.15) is 0 Å². The first-order valence-electron chi connectivity index (χ1n) is 21.5. The Bertz CT molecular complexity index is 3950. The molecule has 298 valence electrons. The van der Waals surface area contributed by atoms with Crippen LogP contribution in [0.1, 0.15) is 0 Å². The van der Waals surface area contributed by atoms with Gasteiger partial charge in [-0.15, -0.1) is 22.7 Å². The Labute approximate surface area is 377 Å². The first-order valence-corrected chi connectivity index (χ1v) is 23.1. The molecule has 0 bridgehead atoms. The summed E-state index contributed by atoms with van der Waals surface area (Å²) in [6.45, 7) is 0. The van der Waals surface area contributed by atoms with Crippen molar-refractivity contribution >= 4 is 84.6 Å². The smallest absolute Gasteiger partial charge is 0.165 e. The molecule has 10 aromatic carbocycles. The highest BCUT2D eigenvalue weighted by Gasteiger charge is 2.20. The number of fused-ring (bicyclic) bond motifs is 9. The predicted octanol–water partition coefficient (Wildman–Crippen LogP) is 16.9. The summed E-state index contributed by atoms with van der Waals surface area (Å²) in [7, 11) is 0. The molecule has 0 atom stereocenters. The number of benzene rings is 10. The highest BCUT2D eigenvalue weighted by molar-refractivity contribution is 7.27. The van der Waals surface area contributed by atoms with Crippen molar-refractivity contribution in [3.05, 3.63) is 212 Å². The first kappa shape index (κ1) is 36.8. The molecule has 0 aliphatic heterocycles. The molecule has 3 heterocycles. The molecule has 0 unspecified atom stereocenters. The molecule has 0 fully saturated rings. The Morgan fingerprint density at radius 2 is 0.828 bits per heavy atom. The minimum atomic E-state index is 0.644. The molecule has 0 amide bonds. The van der Waals surface area contributed by atoms with E-state index >= 15 is 0 Å². The molecular formula is C59H35N3S2. The van der Waals surface area contributed by atoms with Crippen molar-refractivity contribution in [1.29, 1.82) is 0 Å². The van der Waals surface area contributed by atoms with E-state index in [1.165, 1.54) is 84.3 Å². The van der Waals surface area contributed by atoms with Gasteiger partial charge in [0, 0.05) is 57.0 Å². The third kappa shape index (κ3) is 6.12. The van der Waals surface area contributed by atoms with Crippen molar-refractivity contribution < 1.29 is 0 Å². The summed E-state index contributed by atoms with van der Waals surface area (Å²) in [6, 6.07) is 76.3. The Kier molecular flexibility index (Phi) is 8.58. The average Bonchev–Trinajstić information content (AvgIpc) is 3.95. The van der Waals surface area contributed by atoms with Gasteiger partial charge in [-0.25, -0.2) is 15.0 Å². The van der Waals surface area contributed by atoms with Crippen LogP contribution < -0.4 is 0 Å². The van der Waals surface area contributed by atoms with Crippen LogP contribution in [0.5, 0.6) is 0 Å². The molecule has 64 heavy (non-hydrogen) atoms. The lowest BCUT2D eigenvalue weighted by Gasteiger charge is -2.11. The Balaban J connectivity index is 0.997. The van der Waals surface area contributed by atoms with Crippen molar-refractivity contribution in [2.75, 3.05) is 0 Å². The standard InChI is InChI=1S/C59H35N3S2/c1-2-12-36(13-3-1)37-26-28-40(29-27-37)57-60-58(62-59(61-57)50-24-10-22-47-48-32-30-39-15-5-7-20-46(39)55(48)64-56(47)50)49-23-11-25-53-54(49)51-35-42(31-33-52(51)63-53)41-17-8-18-43(34-41)45-21-9-16-38-14-4-6-19-44(38)45/h1-35H. The first-order chi connectivity index (χ1) is 31.7. The molecule has 0 N–H and O–H groups in total. The predicted molar refractivity (Wildman–Crippen MR) is 273 cm³/mol. The van der Waals surface area contributed by atoms with E-state index < -0.39 is 0 Å². The molecule has 0 saturated carbocycles. The number of hydrogen-bond donors (Lipinski definition) is 0. The van der Waals surface area contributed by atoms with Gasteiger partial charge >= 0.3 is 0 Å². The number of aromatic nitrogens is 3. The number of hydrogen-bond acceptors (Lipinski definition) is 5. The van der Waals surface area contributed by atoms with Gasteiger partial charge in [0.25, 0.3) is 0 Å². The highest BCUT2D eigenvalue weighted by atomic mass is 32.1. The Morgan fingerprint density at radius 3 is 1.70 bits per heavy atom. The molecular weight excluding hydrogens is 815 g/mol. The monoisotopic (exact) mass is 849 g/mol. The summed E-state index contributed by atoms with van der Waals surface area (Å²) in [5.74, 6) is 1.96. The van der Waals surface area contributed by atoms with Crippen LogP contribution >= 0.6 is 22.7 Å². The number of thiophene rings is 2. The largest absolute Gasteiger partial charge is 0.208 e. The van der Waals surface area contributed by atoms with Crippen LogP contribution in [0.2, 0.25) is 0 Å². The van der Waals surface area contributed by atoms with E-state index in [2.05, 4.69) is 206 Å². The zero-order valence-electron chi connectivity index (χ0n) is 34.4. The molecule has 0 radical (unpaired) electrons. The molecule has 0 spiro atoms. The normalized spacial score (nSPS) is 11.8. The van der Waals surface area contributed by atoms with Gasteiger partial charge in [-0.3, -0.25) is 0 Å². The Morgan fingerprint density at radius 1 is 0.266 bits per heavy atom. The summed E-state index contributed by atoms with van der Waals surface area (Å²) in [5.41, 5.74) is 10.0. The van der Waals surface area contributed by atoms with E-state index in [1.54, 1.807) is 0 Å². The van der Waals surface area contributed by atoms with E-state index in [-0.39, 0.29) is 0 Å². The SMILES string of the molecule is c1ccc(-c2ccc(-c3nc(-c4cccc5c4sc4c6ccccc6ccc54)nc(-c4cccc5sc6ccc(-c7cccc(-c8cccc9ccccc89)c7)cc6c45)n3)cc2)cc1. The van der Waals surface area contributed by atoms with Crippen LogP contribution in [0.25, 0.3) is 129 Å². The fourth-order valence-electron chi connectivity index (χ4n) is 9.43. The molecule has 3 nitrogen and oxygen atoms in total. The van der Waals surface area contributed by atoms with E-state index in [4.69, 9.17) is 15.0 Å². The fraction of sp³-hybridized carbons (Fsp3) is 0. The van der Waals surface area contributed by atoms with Crippen molar-refractivity contribution in [1.82, 2.24) is 15.0 Å². The van der Waals surface area contributed by atoms with Gasteiger partial charge in [-0.2, -0.15) is 0 Å². The van der Waals surface area contributed by atoms with Gasteiger partial charge < -0.3 is 0 Å². The van der Waals surface area contributed by atoms with Crippen molar-refractivity contribution in [3.8, 4) is 67.5 Å². The molecule has 3 aromatic heterocycles. The minimum Gasteiger partial charge on any atom is -0.208 e. The van der Waals surface area contributed by atoms with Gasteiger partial charge in [0.05, 0.1) is 0 Å². The third-order valence-electron chi connectivity index (χ3n) is 12.5. The van der Waals surface area contributed by atoms with Crippen molar-refractivity contribution in [3.63, 3.8) is 0 Å². The molecule has 0 aliphatic rings. The maximum absolute atomic E-state index is 5.42. The van der Waals surface area contributed by atoms with Crippen LogP contribution in [-0.4, -0.2) is 15.0 Å². The lowest BCUT2D eigenvalue weighted by Crippen LogP contribution is -2.00. The van der Waals surface area contributed by atoms with Crippen LogP contribution in [0.4, 0.5) is 0 Å². The van der Waals surface area contributed by atoms with Gasteiger partial charge in [0.2, 0.25) is 0 Å². The lowest BCUT2D eigenvalue weighted by molar-refractivity contribution is 1.08. The van der Waals surface area contributed by atoms with E-state index in [0.29, 0.717) is 17.5 Å². The summed E-state index contributed by atoms with van der Waals surface area (Å²) in [4.78, 5) is 16.1. The van der Waals surface area contributed by atoms with Crippen molar-refractivity contribution in [2.24, 2.45) is 0 Å². The molecule has 0 saturated heterocycles. The average molecular weight is 850 g/mol. The second-order valence-corrected chi connectivity index (χ2v) is 18.4. The minimum absolute atomic E-state index is 0.644. The Hall–Kier alpha value is -7.83. The fourth-order valence-corrected chi connectivity index (χ4v) is 11.9. The maximum atomic E-state index is 5.42. The molecule has 0 aliphatic carbocycles.